The van der Waals surface area contributed by atoms with Crippen molar-refractivity contribution in [3.8, 4) is 0 Å². The monoisotopic (exact) mass is 550 g/mol. The van der Waals surface area contributed by atoms with Gasteiger partial charge in [-0.25, -0.2) is 26.4 Å². The molecule has 6 N–H and O–H groups in total. The third kappa shape index (κ3) is 9.01. The van der Waals surface area contributed by atoms with Crippen LogP contribution in [-0.4, -0.2) is 144 Å². The van der Waals surface area contributed by atoms with Crippen molar-refractivity contribution in [3.63, 3.8) is 0 Å². The standard InChI is InChI=1S/2C6H8O9S.Ca/c2*7-1-2(8)4-3(9)5(6(10)14-4)15-16(11,12)13;/h2*2,4,7-9H,1H2,(H,11,12,13);/q;;+2/p-2/t2*2-,4+;/m00./s1. The molecule has 2 aliphatic rings. The summed E-state index contributed by atoms with van der Waals surface area (Å²) in [5.41, 5.74) is 0. The Morgan fingerprint density at radius 1 is 0.788 bits per heavy atom. The molecule has 0 unspecified atom stereocenters. The molecule has 0 aromatic carbocycles. The molecule has 0 radical (unpaired) electrons. The number of hydrogen-bond donors (Lipinski definition) is 6. The number of aliphatic hydroxyl groups excluding tert-OH is 6. The van der Waals surface area contributed by atoms with E-state index in [4.69, 9.17) is 20.4 Å². The molecular weight excluding hydrogens is 536 g/mol. The Balaban J connectivity index is 0.000000602. The summed E-state index contributed by atoms with van der Waals surface area (Å²) in [7, 11) is -10.5. The summed E-state index contributed by atoms with van der Waals surface area (Å²) in [6, 6.07) is 0. The maximum atomic E-state index is 10.9. The van der Waals surface area contributed by atoms with Crippen molar-refractivity contribution in [1.29, 1.82) is 0 Å². The van der Waals surface area contributed by atoms with Crippen molar-refractivity contribution in [3.05, 3.63) is 23.0 Å². The Bertz CT molecular complexity index is 931. The minimum absolute atomic E-state index is 0. The minimum Gasteiger partial charge on any atom is -0.716 e. The summed E-state index contributed by atoms with van der Waals surface area (Å²) in [6.07, 6.45) is -6.62. The van der Waals surface area contributed by atoms with Gasteiger partial charge in [0.25, 0.3) is 32.3 Å². The summed E-state index contributed by atoms with van der Waals surface area (Å²) in [5, 5.41) is 53.6. The van der Waals surface area contributed by atoms with Crippen molar-refractivity contribution >= 4 is 70.5 Å². The van der Waals surface area contributed by atoms with E-state index in [2.05, 4.69) is 17.8 Å². The van der Waals surface area contributed by atoms with E-state index in [9.17, 15) is 45.7 Å². The Hall–Kier alpha value is -1.46. The molecule has 0 aromatic rings. The van der Waals surface area contributed by atoms with Crippen LogP contribution in [0.25, 0.3) is 0 Å². The molecule has 0 fully saturated rings. The third-order valence-corrected chi connectivity index (χ3v) is 4.03. The smallest absolute Gasteiger partial charge is 0.716 e. The van der Waals surface area contributed by atoms with Crippen molar-refractivity contribution in [2.24, 2.45) is 0 Å². The Morgan fingerprint density at radius 2 is 1.06 bits per heavy atom. The zero-order valence-corrected chi connectivity index (χ0v) is 19.7. The van der Waals surface area contributed by atoms with Crippen molar-refractivity contribution in [2.75, 3.05) is 13.2 Å². The summed E-state index contributed by atoms with van der Waals surface area (Å²) in [5.74, 6) is -7.40. The van der Waals surface area contributed by atoms with Crippen LogP contribution >= 0.6 is 0 Å². The number of carbonyl (C=O) groups is 2. The van der Waals surface area contributed by atoms with Gasteiger partial charge in [-0.3, -0.25) is 0 Å². The molecule has 18 nitrogen and oxygen atoms in total. The molecule has 0 spiro atoms. The third-order valence-electron chi connectivity index (χ3n) is 3.29. The van der Waals surface area contributed by atoms with Crippen LogP contribution in [0.2, 0.25) is 0 Å². The number of hydrogen-bond acceptors (Lipinski definition) is 18. The zero-order chi connectivity index (χ0) is 25.0. The first-order valence-electron chi connectivity index (χ1n) is 7.69. The number of ether oxygens (including phenoxy) is 2. The van der Waals surface area contributed by atoms with Gasteiger partial charge in [0.05, 0.1) is 13.2 Å². The average molecular weight is 550 g/mol. The molecule has 184 valence electrons. The van der Waals surface area contributed by atoms with Crippen molar-refractivity contribution in [2.45, 2.75) is 24.4 Å². The Morgan fingerprint density at radius 3 is 1.27 bits per heavy atom. The molecule has 2 rings (SSSR count). The number of cyclic esters (lactones) is 2. The molecule has 0 saturated carbocycles. The predicted molar refractivity (Wildman–Crippen MR) is 92.6 cm³/mol. The first-order valence-corrected chi connectivity index (χ1v) is 10.4. The van der Waals surface area contributed by atoms with E-state index in [1.807, 2.05) is 0 Å². The fourth-order valence-electron chi connectivity index (χ4n) is 1.99. The summed E-state index contributed by atoms with van der Waals surface area (Å²) in [4.78, 5) is 21.9. The molecule has 0 bridgehead atoms. The van der Waals surface area contributed by atoms with Crippen LogP contribution < -0.4 is 0 Å². The molecular formula is C12H14CaO18S2. The van der Waals surface area contributed by atoms with Gasteiger partial charge >= 0.3 is 49.7 Å². The van der Waals surface area contributed by atoms with Crippen molar-refractivity contribution in [1.82, 2.24) is 0 Å². The van der Waals surface area contributed by atoms with E-state index in [0.717, 1.165) is 0 Å². The average Bonchev–Trinajstić information content (AvgIpc) is 3.10. The Labute approximate surface area is 214 Å². The largest absolute Gasteiger partial charge is 2.00 e. The van der Waals surface area contributed by atoms with E-state index in [1.165, 1.54) is 0 Å². The molecule has 0 aromatic heterocycles. The van der Waals surface area contributed by atoms with Crippen LogP contribution in [0.1, 0.15) is 0 Å². The van der Waals surface area contributed by atoms with Gasteiger partial charge in [-0.05, 0) is 0 Å². The quantitative estimate of drug-likeness (QED) is 0.0710. The van der Waals surface area contributed by atoms with Gasteiger partial charge in [0.2, 0.25) is 0 Å². The van der Waals surface area contributed by atoms with Gasteiger partial charge in [0.1, 0.15) is 12.2 Å². The van der Waals surface area contributed by atoms with Crippen LogP contribution in [0.4, 0.5) is 0 Å². The molecule has 21 heteroatoms. The van der Waals surface area contributed by atoms with Crippen LogP contribution in [0.3, 0.4) is 0 Å². The molecule has 0 aliphatic carbocycles. The van der Waals surface area contributed by atoms with Crippen molar-refractivity contribution < 1.29 is 84.0 Å². The second kappa shape index (κ2) is 12.3. The number of rotatable bonds is 8. The predicted octanol–water partition coefficient (Wildman–Crippen LogP) is -5.36. The van der Waals surface area contributed by atoms with Gasteiger partial charge < -0.3 is 57.6 Å². The molecule has 2 heterocycles. The van der Waals surface area contributed by atoms with E-state index < -0.39 is 93.4 Å². The molecule has 4 atom stereocenters. The fraction of sp³-hybridized carbons (Fsp3) is 0.500. The van der Waals surface area contributed by atoms with Gasteiger partial charge in [-0.15, -0.1) is 0 Å². The first-order chi connectivity index (χ1) is 14.5. The SMILES string of the molecule is O=C1O[C@H]([C@@H](O)CO)C(O)=C1OS(=O)(=O)[O-].O=C1O[C@H]([C@@H](O)CO)C(O)=C1OS(=O)(=O)[O-].[Ca+2]. The van der Waals surface area contributed by atoms with Crippen LogP contribution in [0.15, 0.2) is 23.0 Å². The first kappa shape index (κ1) is 31.5. The zero-order valence-electron chi connectivity index (χ0n) is 15.8. The Kier molecular flexibility index (Phi) is 11.8. The second-order valence-electron chi connectivity index (χ2n) is 5.56. The van der Waals surface area contributed by atoms with Gasteiger partial charge in [-0.2, -0.15) is 0 Å². The maximum Gasteiger partial charge on any atom is 2.00 e. The molecule has 0 saturated heterocycles. The van der Waals surface area contributed by atoms with Gasteiger partial charge in [-0.1, -0.05) is 0 Å². The summed E-state index contributed by atoms with van der Waals surface area (Å²) < 4.78 is 76.9. The summed E-state index contributed by atoms with van der Waals surface area (Å²) in [6.45, 7) is -1.70. The maximum absolute atomic E-state index is 10.9. The number of carbonyl (C=O) groups excluding carboxylic acids is 2. The van der Waals surface area contributed by atoms with E-state index >= 15 is 0 Å². The fourth-order valence-corrected chi connectivity index (χ4v) is 2.70. The number of esters is 2. The minimum atomic E-state index is -5.24. The van der Waals surface area contributed by atoms with E-state index in [1.54, 1.807) is 0 Å². The second-order valence-corrected chi connectivity index (χ2v) is 7.53. The van der Waals surface area contributed by atoms with Crippen LogP contribution in [-0.2, 0) is 48.2 Å². The number of aliphatic hydroxyl groups is 6. The van der Waals surface area contributed by atoms with E-state index in [0.29, 0.717) is 0 Å². The molecule has 33 heavy (non-hydrogen) atoms. The van der Waals surface area contributed by atoms with Gasteiger partial charge in [0.15, 0.2) is 23.7 Å². The van der Waals surface area contributed by atoms with Crippen LogP contribution in [0, 0.1) is 0 Å². The normalized spacial score (nSPS) is 22.5. The van der Waals surface area contributed by atoms with Crippen LogP contribution in [0.5, 0.6) is 0 Å². The van der Waals surface area contributed by atoms with E-state index in [-0.39, 0.29) is 37.7 Å². The summed E-state index contributed by atoms with van der Waals surface area (Å²) >= 11 is 0. The topological polar surface area (TPSA) is 307 Å². The molecule has 0 amide bonds. The van der Waals surface area contributed by atoms with Gasteiger partial charge in [0, 0.05) is 0 Å². The molecule has 2 aliphatic heterocycles.